The molecule has 9 heteroatoms. The van der Waals surface area contributed by atoms with Crippen LogP contribution in [0.5, 0.6) is 0 Å². The molecule has 0 saturated heterocycles. The van der Waals surface area contributed by atoms with Gasteiger partial charge in [0.05, 0.1) is 22.7 Å². The van der Waals surface area contributed by atoms with Crippen molar-refractivity contribution in [3.63, 3.8) is 0 Å². The summed E-state index contributed by atoms with van der Waals surface area (Å²) in [4.78, 5) is 43.2. The highest BCUT2D eigenvalue weighted by molar-refractivity contribution is 6.06. The number of carbonyl (C=O) groups is 2. The van der Waals surface area contributed by atoms with E-state index < -0.39 is 11.5 Å². The van der Waals surface area contributed by atoms with Gasteiger partial charge in [-0.05, 0) is 43.2 Å². The molecule has 0 radical (unpaired) electrons. The highest BCUT2D eigenvalue weighted by Gasteiger charge is 2.14. The number of hydrogen-bond donors (Lipinski definition) is 3. The second-order valence-electron chi connectivity index (χ2n) is 6.82. The first-order chi connectivity index (χ1) is 14.3. The van der Waals surface area contributed by atoms with Crippen LogP contribution in [0.3, 0.4) is 0 Å². The minimum absolute atomic E-state index is 0.0312. The maximum Gasteiger partial charge on any atom is 0.338 e. The van der Waals surface area contributed by atoms with Gasteiger partial charge < -0.3 is 10.4 Å². The number of benzene rings is 2. The van der Waals surface area contributed by atoms with Crippen molar-refractivity contribution in [2.24, 2.45) is 0 Å². The van der Waals surface area contributed by atoms with Crippen LogP contribution >= 0.6 is 0 Å². The molecule has 4 aromatic rings. The van der Waals surface area contributed by atoms with Crippen LogP contribution < -0.4 is 10.9 Å². The van der Waals surface area contributed by atoms with Crippen LogP contribution in [0.2, 0.25) is 0 Å². The van der Waals surface area contributed by atoms with Gasteiger partial charge in [0.15, 0.2) is 0 Å². The first-order valence-corrected chi connectivity index (χ1v) is 9.03. The van der Waals surface area contributed by atoms with E-state index in [0.717, 1.165) is 23.0 Å². The van der Waals surface area contributed by atoms with Gasteiger partial charge in [0.2, 0.25) is 5.95 Å². The Kier molecular flexibility index (Phi) is 4.63. The number of aromatic nitrogens is 4. The van der Waals surface area contributed by atoms with Gasteiger partial charge in [-0.15, -0.1) is 0 Å². The Morgan fingerprint density at radius 1 is 1.10 bits per heavy atom. The third-order valence-electron chi connectivity index (χ3n) is 4.72. The molecule has 1 amide bonds. The van der Waals surface area contributed by atoms with E-state index in [2.05, 4.69) is 20.4 Å². The lowest BCUT2D eigenvalue weighted by Gasteiger charge is -2.11. The second-order valence-corrected chi connectivity index (χ2v) is 6.82. The Hall–Kier alpha value is -4.27. The van der Waals surface area contributed by atoms with E-state index in [9.17, 15) is 14.4 Å². The number of rotatable bonds is 4. The number of nitrogens with one attached hydrogen (secondary N) is 2. The maximum atomic E-state index is 12.7. The van der Waals surface area contributed by atoms with Crippen LogP contribution in [-0.4, -0.2) is 36.7 Å². The quantitative estimate of drug-likeness (QED) is 0.480. The topological polar surface area (TPSA) is 130 Å². The first-order valence-electron chi connectivity index (χ1n) is 9.03. The molecule has 0 spiro atoms. The number of nitrogens with zero attached hydrogens (tertiary/aromatic N) is 3. The molecule has 0 atom stereocenters. The number of aromatic amines is 1. The van der Waals surface area contributed by atoms with Crippen LogP contribution in [0.1, 0.15) is 31.8 Å². The third kappa shape index (κ3) is 3.44. The average Bonchev–Trinajstić information content (AvgIpc) is 3.21. The molecule has 2 heterocycles. The fraction of sp³-hybridized carbons (Fsp3) is 0.0952. The fourth-order valence-corrected chi connectivity index (χ4v) is 3.12. The molecule has 30 heavy (non-hydrogen) atoms. The molecule has 0 bridgehead atoms. The molecule has 2 aromatic heterocycles. The molecule has 3 N–H and O–H groups in total. The zero-order chi connectivity index (χ0) is 21.4. The van der Waals surface area contributed by atoms with E-state index in [-0.39, 0.29) is 22.8 Å². The van der Waals surface area contributed by atoms with Gasteiger partial charge in [-0.2, -0.15) is 5.10 Å². The van der Waals surface area contributed by atoms with Crippen molar-refractivity contribution < 1.29 is 14.7 Å². The molecule has 150 valence electrons. The molecule has 4 rings (SSSR count). The number of carboxylic acids is 1. The minimum atomic E-state index is -1.14. The van der Waals surface area contributed by atoms with Gasteiger partial charge in [-0.1, -0.05) is 18.2 Å². The third-order valence-corrected chi connectivity index (χ3v) is 4.72. The number of amides is 1. The lowest BCUT2D eigenvalue weighted by atomic mass is 10.1. The summed E-state index contributed by atoms with van der Waals surface area (Å²) in [6, 6.07) is 10.3. The summed E-state index contributed by atoms with van der Waals surface area (Å²) in [5.74, 6) is -1.40. The number of fused-ring (bicyclic) bond motifs is 1. The number of carboxylic acid groups (broad SMARTS) is 1. The molecule has 0 saturated carbocycles. The van der Waals surface area contributed by atoms with Crippen molar-refractivity contribution in [3.8, 4) is 5.95 Å². The van der Waals surface area contributed by atoms with E-state index in [1.165, 1.54) is 16.9 Å². The van der Waals surface area contributed by atoms with Crippen LogP contribution in [0.15, 0.2) is 53.6 Å². The Labute approximate surface area is 170 Å². The van der Waals surface area contributed by atoms with Gasteiger partial charge >= 0.3 is 5.97 Å². The molecule has 0 aliphatic carbocycles. The number of aromatic carboxylic acids is 1. The summed E-state index contributed by atoms with van der Waals surface area (Å²) < 4.78 is 1.17. The number of hydrogen-bond acceptors (Lipinski definition) is 5. The Balaban J connectivity index is 1.69. The Bertz CT molecular complexity index is 1350. The number of carbonyl (C=O) groups excluding carboxylic acids is 1. The maximum absolute atomic E-state index is 12.7. The lowest BCUT2D eigenvalue weighted by Crippen LogP contribution is -2.17. The van der Waals surface area contributed by atoms with Crippen molar-refractivity contribution >= 4 is 28.5 Å². The summed E-state index contributed by atoms with van der Waals surface area (Å²) in [7, 11) is 0. The van der Waals surface area contributed by atoms with Crippen molar-refractivity contribution in [2.75, 3.05) is 5.32 Å². The van der Waals surface area contributed by atoms with E-state index in [1.807, 2.05) is 32.0 Å². The van der Waals surface area contributed by atoms with Crippen LogP contribution in [0, 0.1) is 13.8 Å². The zero-order valence-corrected chi connectivity index (χ0v) is 16.1. The van der Waals surface area contributed by atoms with Crippen LogP contribution in [-0.2, 0) is 0 Å². The Morgan fingerprint density at radius 2 is 1.83 bits per heavy atom. The smallest absolute Gasteiger partial charge is 0.338 e. The van der Waals surface area contributed by atoms with E-state index in [0.29, 0.717) is 11.1 Å². The molecular weight excluding hydrogens is 386 g/mol. The van der Waals surface area contributed by atoms with Crippen LogP contribution in [0.25, 0.3) is 16.9 Å². The summed E-state index contributed by atoms with van der Waals surface area (Å²) in [6.45, 7) is 3.81. The number of para-hydroxylation sites is 1. The SMILES string of the molecule is Cc1cccc(C)c1NC(=O)c1ccc2nc(-n3cc(C(=O)O)cn3)[nH]c(=O)c2c1. The standard InChI is InChI=1S/C21H17N5O4/c1-11-4-3-5-12(2)17(11)24-18(27)13-6-7-16-15(8-13)19(28)25-21(23-16)26-10-14(9-22-26)20(29)30/h3-10H,1-2H3,(H,24,27)(H,29,30)(H,23,25,28). The van der Waals surface area contributed by atoms with Gasteiger partial charge in [-0.25, -0.2) is 14.5 Å². The number of H-pyrrole nitrogens is 1. The second kappa shape index (κ2) is 7.28. The van der Waals surface area contributed by atoms with Crippen molar-refractivity contribution in [1.82, 2.24) is 19.7 Å². The fourth-order valence-electron chi connectivity index (χ4n) is 3.12. The Morgan fingerprint density at radius 3 is 2.50 bits per heavy atom. The summed E-state index contributed by atoms with van der Waals surface area (Å²) in [5, 5.41) is 16.0. The summed E-state index contributed by atoms with van der Waals surface area (Å²) >= 11 is 0. The molecule has 9 nitrogen and oxygen atoms in total. The van der Waals surface area contributed by atoms with E-state index in [4.69, 9.17) is 5.11 Å². The molecule has 0 aliphatic heterocycles. The van der Waals surface area contributed by atoms with Crippen molar-refractivity contribution in [3.05, 3.63) is 81.4 Å². The highest BCUT2D eigenvalue weighted by atomic mass is 16.4. The predicted octanol–water partition coefficient (Wildman–Crippen LogP) is 2.68. The van der Waals surface area contributed by atoms with Gasteiger partial charge in [0.25, 0.3) is 11.5 Å². The van der Waals surface area contributed by atoms with Crippen molar-refractivity contribution in [2.45, 2.75) is 13.8 Å². The minimum Gasteiger partial charge on any atom is -0.478 e. The number of anilines is 1. The van der Waals surface area contributed by atoms with E-state index in [1.54, 1.807) is 12.1 Å². The normalized spacial score (nSPS) is 10.9. The lowest BCUT2D eigenvalue weighted by molar-refractivity contribution is 0.0696. The largest absolute Gasteiger partial charge is 0.478 e. The molecule has 0 fully saturated rings. The summed E-state index contributed by atoms with van der Waals surface area (Å²) in [5.41, 5.74) is 2.78. The molecule has 0 unspecified atom stereocenters. The zero-order valence-electron chi connectivity index (χ0n) is 16.1. The molecular formula is C21H17N5O4. The van der Waals surface area contributed by atoms with Gasteiger partial charge in [-0.3, -0.25) is 14.6 Å². The monoisotopic (exact) mass is 403 g/mol. The predicted molar refractivity (Wildman–Crippen MR) is 110 cm³/mol. The van der Waals surface area contributed by atoms with E-state index >= 15 is 0 Å². The van der Waals surface area contributed by atoms with Gasteiger partial charge in [0.1, 0.15) is 0 Å². The first kappa shape index (κ1) is 19.1. The van der Waals surface area contributed by atoms with Gasteiger partial charge in [0, 0.05) is 17.4 Å². The molecule has 2 aromatic carbocycles. The van der Waals surface area contributed by atoms with Crippen molar-refractivity contribution in [1.29, 1.82) is 0 Å². The number of aryl methyl sites for hydroxylation is 2. The highest BCUT2D eigenvalue weighted by Crippen LogP contribution is 2.21. The van der Waals surface area contributed by atoms with Crippen LogP contribution in [0.4, 0.5) is 5.69 Å². The summed E-state index contributed by atoms with van der Waals surface area (Å²) in [6.07, 6.45) is 2.41. The molecule has 0 aliphatic rings. The average molecular weight is 403 g/mol.